The van der Waals surface area contributed by atoms with Gasteiger partial charge in [0, 0.05) is 18.3 Å². The first-order valence-electron chi connectivity index (χ1n) is 6.02. The molecule has 5 heteroatoms. The summed E-state index contributed by atoms with van der Waals surface area (Å²) in [6, 6.07) is 0. The predicted octanol–water partition coefficient (Wildman–Crippen LogP) is 0.947. The molecule has 1 unspecified atom stereocenters. The zero-order valence-corrected chi connectivity index (χ0v) is 11.2. The van der Waals surface area contributed by atoms with E-state index in [0.717, 1.165) is 6.42 Å². The third kappa shape index (κ3) is 4.02. The molecular formula is C12H24N4O. The van der Waals surface area contributed by atoms with E-state index in [1.165, 1.54) is 0 Å². The number of likely N-dealkylation sites (N-methyl/N-ethyl adjacent to an activating group) is 1. The molecule has 0 aliphatic carbocycles. The molecule has 0 spiro atoms. The van der Waals surface area contributed by atoms with Gasteiger partial charge >= 0.3 is 0 Å². The molecule has 0 aromatic carbocycles. The molecule has 98 valence electrons. The molecule has 0 saturated carbocycles. The molecule has 0 aliphatic rings. The van der Waals surface area contributed by atoms with Crippen molar-refractivity contribution in [1.29, 1.82) is 0 Å². The minimum absolute atomic E-state index is 0.101. The van der Waals surface area contributed by atoms with Crippen molar-refractivity contribution < 1.29 is 5.11 Å². The Kier molecular flexibility index (Phi) is 4.54. The summed E-state index contributed by atoms with van der Waals surface area (Å²) in [6.45, 7) is 7.59. The van der Waals surface area contributed by atoms with Gasteiger partial charge in [0.05, 0.1) is 24.5 Å². The molecule has 3 N–H and O–H groups in total. The lowest BCUT2D eigenvalue weighted by Crippen LogP contribution is -2.45. The van der Waals surface area contributed by atoms with Crippen molar-refractivity contribution in [1.82, 2.24) is 14.7 Å². The standard InChI is InChI=1S/C12H24N4O/c1-5-12(2,3)15(4)8-11(17)9-16-7-10(13)6-14-16/h6-7,11,17H,5,8-9,13H2,1-4H3. The number of β-amino-alcohol motifs (C(OH)–C–C–N with tert-alkyl or cyclic N) is 1. The predicted molar refractivity (Wildman–Crippen MR) is 69.6 cm³/mol. The second kappa shape index (κ2) is 5.51. The van der Waals surface area contributed by atoms with Crippen LogP contribution in [0.1, 0.15) is 27.2 Å². The number of aliphatic hydroxyl groups excluding tert-OH is 1. The Balaban J connectivity index is 2.47. The average molecular weight is 240 g/mol. The molecule has 1 aromatic rings. The van der Waals surface area contributed by atoms with Crippen LogP contribution in [0.2, 0.25) is 0 Å². The van der Waals surface area contributed by atoms with Crippen LogP contribution in [0.4, 0.5) is 5.69 Å². The summed E-state index contributed by atoms with van der Waals surface area (Å²) >= 11 is 0. The lowest BCUT2D eigenvalue weighted by atomic mass is 9.99. The topological polar surface area (TPSA) is 67.3 Å². The molecule has 0 fully saturated rings. The Hall–Kier alpha value is -1.07. The number of rotatable bonds is 6. The van der Waals surface area contributed by atoms with Crippen molar-refractivity contribution in [3.05, 3.63) is 12.4 Å². The summed E-state index contributed by atoms with van der Waals surface area (Å²) < 4.78 is 1.67. The second-order valence-corrected chi connectivity index (χ2v) is 5.20. The van der Waals surface area contributed by atoms with Crippen LogP contribution in [-0.4, -0.2) is 45.0 Å². The molecule has 0 saturated heterocycles. The Bertz CT molecular complexity index is 348. The van der Waals surface area contributed by atoms with Gasteiger partial charge in [0.2, 0.25) is 0 Å². The first-order chi connectivity index (χ1) is 7.85. The van der Waals surface area contributed by atoms with E-state index < -0.39 is 6.10 Å². The van der Waals surface area contributed by atoms with E-state index in [1.807, 2.05) is 7.05 Å². The number of aromatic nitrogens is 2. The van der Waals surface area contributed by atoms with Gasteiger partial charge in [-0.2, -0.15) is 5.10 Å². The van der Waals surface area contributed by atoms with Crippen molar-refractivity contribution >= 4 is 5.69 Å². The molecule has 1 aromatic heterocycles. The molecule has 0 radical (unpaired) electrons. The van der Waals surface area contributed by atoms with Gasteiger partial charge in [-0.25, -0.2) is 0 Å². The van der Waals surface area contributed by atoms with Crippen LogP contribution in [0.5, 0.6) is 0 Å². The van der Waals surface area contributed by atoms with Crippen LogP contribution in [0.15, 0.2) is 12.4 Å². The highest BCUT2D eigenvalue weighted by Gasteiger charge is 2.23. The van der Waals surface area contributed by atoms with E-state index in [0.29, 0.717) is 18.8 Å². The van der Waals surface area contributed by atoms with Gasteiger partial charge < -0.3 is 10.8 Å². The Morgan fingerprint density at radius 3 is 2.71 bits per heavy atom. The van der Waals surface area contributed by atoms with E-state index in [2.05, 4.69) is 30.8 Å². The van der Waals surface area contributed by atoms with Gasteiger partial charge in [0.1, 0.15) is 0 Å². The molecule has 1 atom stereocenters. The number of hydrogen-bond acceptors (Lipinski definition) is 4. The molecule has 17 heavy (non-hydrogen) atoms. The fraction of sp³-hybridized carbons (Fsp3) is 0.750. The smallest absolute Gasteiger partial charge is 0.0862 e. The average Bonchev–Trinajstić information content (AvgIpc) is 2.63. The van der Waals surface area contributed by atoms with E-state index in [9.17, 15) is 5.11 Å². The highest BCUT2D eigenvalue weighted by atomic mass is 16.3. The summed E-state index contributed by atoms with van der Waals surface area (Å²) in [4.78, 5) is 2.17. The Morgan fingerprint density at radius 2 is 2.24 bits per heavy atom. The highest BCUT2D eigenvalue weighted by Crippen LogP contribution is 2.16. The van der Waals surface area contributed by atoms with E-state index in [4.69, 9.17) is 5.73 Å². The zero-order chi connectivity index (χ0) is 13.1. The van der Waals surface area contributed by atoms with Gasteiger partial charge in [-0.1, -0.05) is 6.92 Å². The maximum atomic E-state index is 10.00. The quantitative estimate of drug-likeness (QED) is 0.777. The van der Waals surface area contributed by atoms with E-state index >= 15 is 0 Å². The third-order valence-electron chi connectivity index (χ3n) is 3.43. The van der Waals surface area contributed by atoms with Crippen molar-refractivity contribution in [2.24, 2.45) is 0 Å². The van der Waals surface area contributed by atoms with Gasteiger partial charge in [-0.15, -0.1) is 0 Å². The van der Waals surface area contributed by atoms with Gasteiger partial charge in [-0.05, 0) is 27.3 Å². The van der Waals surface area contributed by atoms with Gasteiger partial charge in [0.15, 0.2) is 0 Å². The normalized spacial score (nSPS) is 14.2. The molecule has 0 amide bonds. The van der Waals surface area contributed by atoms with Crippen LogP contribution in [-0.2, 0) is 6.54 Å². The molecule has 5 nitrogen and oxygen atoms in total. The zero-order valence-electron chi connectivity index (χ0n) is 11.2. The second-order valence-electron chi connectivity index (χ2n) is 5.20. The number of hydrogen-bond donors (Lipinski definition) is 2. The van der Waals surface area contributed by atoms with Crippen LogP contribution in [0.25, 0.3) is 0 Å². The summed E-state index contributed by atoms with van der Waals surface area (Å²) in [5.41, 5.74) is 6.30. The number of anilines is 1. The highest BCUT2D eigenvalue weighted by molar-refractivity contribution is 5.30. The summed E-state index contributed by atoms with van der Waals surface area (Å²) in [5.74, 6) is 0. The minimum Gasteiger partial charge on any atom is -0.396 e. The molecule has 0 aliphatic heterocycles. The SMILES string of the molecule is CCC(C)(C)N(C)CC(O)Cn1cc(N)cn1. The maximum Gasteiger partial charge on any atom is 0.0862 e. The lowest BCUT2D eigenvalue weighted by molar-refractivity contribution is 0.0577. The van der Waals surface area contributed by atoms with Crippen LogP contribution in [0, 0.1) is 0 Å². The fourth-order valence-corrected chi connectivity index (χ4v) is 1.59. The van der Waals surface area contributed by atoms with Crippen molar-refractivity contribution in [3.63, 3.8) is 0 Å². The summed E-state index contributed by atoms with van der Waals surface area (Å²) in [6.07, 6.45) is 3.93. The molecule has 1 rings (SSSR count). The van der Waals surface area contributed by atoms with Crippen molar-refractivity contribution in [3.8, 4) is 0 Å². The number of nitrogens with two attached hydrogens (primary N) is 1. The first kappa shape index (κ1) is 14.0. The Labute approximate surface area is 103 Å². The minimum atomic E-state index is -0.440. The number of nitrogen functional groups attached to an aromatic ring is 1. The third-order valence-corrected chi connectivity index (χ3v) is 3.43. The Morgan fingerprint density at radius 1 is 1.59 bits per heavy atom. The molecule has 0 bridgehead atoms. The van der Waals surface area contributed by atoms with Crippen molar-refractivity contribution in [2.45, 2.75) is 45.4 Å². The summed E-state index contributed by atoms with van der Waals surface area (Å²) in [5, 5.41) is 14.1. The number of nitrogens with zero attached hydrogens (tertiary/aromatic N) is 3. The van der Waals surface area contributed by atoms with Crippen molar-refractivity contribution in [2.75, 3.05) is 19.3 Å². The largest absolute Gasteiger partial charge is 0.396 e. The maximum absolute atomic E-state index is 10.00. The first-order valence-corrected chi connectivity index (χ1v) is 6.02. The van der Waals surface area contributed by atoms with Crippen LogP contribution in [0.3, 0.4) is 0 Å². The monoisotopic (exact) mass is 240 g/mol. The van der Waals surface area contributed by atoms with Gasteiger partial charge in [-0.3, -0.25) is 9.58 Å². The van der Waals surface area contributed by atoms with Crippen LogP contribution < -0.4 is 5.73 Å². The van der Waals surface area contributed by atoms with Crippen LogP contribution >= 0.6 is 0 Å². The lowest BCUT2D eigenvalue weighted by Gasteiger charge is -2.36. The molecule has 1 heterocycles. The fourth-order valence-electron chi connectivity index (χ4n) is 1.59. The molecular weight excluding hydrogens is 216 g/mol. The van der Waals surface area contributed by atoms with E-state index in [-0.39, 0.29) is 5.54 Å². The summed E-state index contributed by atoms with van der Waals surface area (Å²) in [7, 11) is 2.03. The van der Waals surface area contributed by atoms with Gasteiger partial charge in [0.25, 0.3) is 0 Å². The van der Waals surface area contributed by atoms with E-state index in [1.54, 1.807) is 17.1 Å². The number of aliphatic hydroxyl groups is 1.